The Hall–Kier alpha value is -2.71. The Morgan fingerprint density at radius 2 is 2.03 bits per heavy atom. The summed E-state index contributed by atoms with van der Waals surface area (Å²) in [5.41, 5.74) is 2.61. The number of anilines is 1. The van der Waals surface area contributed by atoms with Crippen LogP contribution < -0.4 is 4.90 Å². The molecule has 1 unspecified atom stereocenters. The Morgan fingerprint density at radius 1 is 1.21 bits per heavy atom. The number of ether oxygens (including phenoxy) is 1. The number of morpholine rings is 1. The maximum absolute atomic E-state index is 12.1. The molecule has 0 radical (unpaired) electrons. The second-order valence-electron chi connectivity index (χ2n) is 8.83. The zero-order valence-corrected chi connectivity index (χ0v) is 19.8. The lowest BCUT2D eigenvalue weighted by atomic mass is 9.92. The predicted molar refractivity (Wildman–Crippen MR) is 129 cm³/mol. The standard InChI is InChI=1S/C24H29ClN6O2/c1-3-22(32)30-8-5-16(6-9-30)19-13-21(31-10-11-33-14-15(31)2)29-24(27-19)18-12-20(25)28-23-17(18)4-7-26-23/h4,7,12-13,15-16H,3,5-6,8-11,14H2,1-2H3,(H,26,28). The second kappa shape index (κ2) is 9.27. The van der Waals surface area contributed by atoms with Gasteiger partial charge < -0.3 is 19.5 Å². The number of nitrogens with zero attached hydrogens (tertiary/aromatic N) is 5. The average Bonchev–Trinajstić information content (AvgIpc) is 3.31. The van der Waals surface area contributed by atoms with E-state index >= 15 is 0 Å². The largest absolute Gasteiger partial charge is 0.377 e. The molecule has 174 valence electrons. The minimum Gasteiger partial charge on any atom is -0.377 e. The Labute approximate surface area is 198 Å². The molecule has 33 heavy (non-hydrogen) atoms. The number of halogens is 1. The van der Waals surface area contributed by atoms with E-state index in [1.807, 2.05) is 30.2 Å². The predicted octanol–water partition coefficient (Wildman–Crippen LogP) is 4.01. The monoisotopic (exact) mass is 468 g/mol. The molecule has 3 aromatic heterocycles. The van der Waals surface area contributed by atoms with Gasteiger partial charge in [-0.05, 0) is 31.9 Å². The third kappa shape index (κ3) is 4.42. The molecule has 5 rings (SSSR count). The van der Waals surface area contributed by atoms with E-state index in [0.29, 0.717) is 30.6 Å². The Morgan fingerprint density at radius 3 is 2.79 bits per heavy atom. The van der Waals surface area contributed by atoms with Crippen LogP contribution in [0.1, 0.15) is 44.7 Å². The lowest BCUT2D eigenvalue weighted by Crippen LogP contribution is -2.44. The molecule has 1 N–H and O–H groups in total. The fraction of sp³-hybridized carbons (Fsp3) is 0.500. The van der Waals surface area contributed by atoms with E-state index in [4.69, 9.17) is 26.3 Å². The molecule has 8 nitrogen and oxygen atoms in total. The number of hydrogen-bond acceptors (Lipinski definition) is 6. The van der Waals surface area contributed by atoms with Gasteiger partial charge in [0.2, 0.25) is 5.91 Å². The molecule has 0 bridgehead atoms. The zero-order chi connectivity index (χ0) is 22.9. The van der Waals surface area contributed by atoms with Gasteiger partial charge in [-0.25, -0.2) is 15.0 Å². The third-order valence-corrected chi connectivity index (χ3v) is 6.89. The van der Waals surface area contributed by atoms with Crippen molar-refractivity contribution in [1.29, 1.82) is 0 Å². The van der Waals surface area contributed by atoms with Crippen molar-refractivity contribution in [2.24, 2.45) is 0 Å². The molecule has 1 atom stereocenters. The summed E-state index contributed by atoms with van der Waals surface area (Å²) >= 11 is 6.34. The van der Waals surface area contributed by atoms with E-state index in [-0.39, 0.29) is 17.9 Å². The quantitative estimate of drug-likeness (QED) is 0.582. The highest BCUT2D eigenvalue weighted by Gasteiger charge is 2.27. The third-order valence-electron chi connectivity index (χ3n) is 6.70. The van der Waals surface area contributed by atoms with E-state index in [1.165, 1.54) is 0 Å². The summed E-state index contributed by atoms with van der Waals surface area (Å²) in [6.45, 7) is 7.75. The van der Waals surface area contributed by atoms with Gasteiger partial charge in [-0.2, -0.15) is 0 Å². The Balaban J connectivity index is 1.56. The number of likely N-dealkylation sites (tertiary alicyclic amines) is 1. The summed E-state index contributed by atoms with van der Waals surface area (Å²) in [4.78, 5) is 34.0. The van der Waals surface area contributed by atoms with E-state index < -0.39 is 0 Å². The van der Waals surface area contributed by atoms with Gasteiger partial charge in [0.25, 0.3) is 0 Å². The number of nitrogens with one attached hydrogen (secondary N) is 1. The average molecular weight is 469 g/mol. The van der Waals surface area contributed by atoms with Crippen LogP contribution in [0.5, 0.6) is 0 Å². The first-order valence-corrected chi connectivity index (χ1v) is 12.1. The molecule has 0 spiro atoms. The molecule has 0 aliphatic carbocycles. The summed E-state index contributed by atoms with van der Waals surface area (Å²) in [6, 6.07) is 6.18. The van der Waals surface area contributed by atoms with E-state index in [2.05, 4.69) is 27.9 Å². The summed E-state index contributed by atoms with van der Waals surface area (Å²) in [5.74, 6) is 2.07. The topological polar surface area (TPSA) is 87.2 Å². The van der Waals surface area contributed by atoms with Crippen molar-refractivity contribution in [3.8, 4) is 11.4 Å². The van der Waals surface area contributed by atoms with Crippen LogP contribution in [0.3, 0.4) is 0 Å². The van der Waals surface area contributed by atoms with Gasteiger partial charge >= 0.3 is 0 Å². The number of carbonyl (C=O) groups is 1. The number of aromatic amines is 1. The second-order valence-corrected chi connectivity index (χ2v) is 9.22. The van der Waals surface area contributed by atoms with Gasteiger partial charge in [-0.3, -0.25) is 4.79 Å². The van der Waals surface area contributed by atoms with Crippen LogP contribution >= 0.6 is 11.6 Å². The molecule has 2 aliphatic heterocycles. The number of piperidine rings is 1. The van der Waals surface area contributed by atoms with Crippen LogP contribution in [-0.4, -0.2) is 69.6 Å². The van der Waals surface area contributed by atoms with Gasteiger partial charge in [-0.1, -0.05) is 18.5 Å². The Kier molecular flexibility index (Phi) is 6.21. The molecule has 0 saturated carbocycles. The fourth-order valence-corrected chi connectivity index (χ4v) is 5.03. The van der Waals surface area contributed by atoms with Crippen molar-refractivity contribution in [3.63, 3.8) is 0 Å². The van der Waals surface area contributed by atoms with E-state index in [9.17, 15) is 4.79 Å². The SMILES string of the molecule is CCC(=O)N1CCC(c2cc(N3CCOCC3C)nc(-c3cc(Cl)nc4[nH]ccc34)n2)CC1. The molecule has 0 aromatic carbocycles. The fourth-order valence-electron chi connectivity index (χ4n) is 4.84. The van der Waals surface area contributed by atoms with Gasteiger partial charge in [0.1, 0.15) is 16.6 Å². The van der Waals surface area contributed by atoms with Gasteiger partial charge in [0, 0.05) is 60.9 Å². The lowest BCUT2D eigenvalue weighted by molar-refractivity contribution is -0.131. The first kappa shape index (κ1) is 22.1. The van der Waals surface area contributed by atoms with Crippen molar-refractivity contribution >= 4 is 34.4 Å². The summed E-state index contributed by atoms with van der Waals surface area (Å²) in [6.07, 6.45) is 4.21. The number of aromatic nitrogens is 4. The molecular formula is C24H29ClN6O2. The molecule has 1 amide bonds. The molecule has 5 heterocycles. The zero-order valence-electron chi connectivity index (χ0n) is 19.1. The van der Waals surface area contributed by atoms with Crippen molar-refractivity contribution in [1.82, 2.24) is 24.8 Å². The van der Waals surface area contributed by atoms with Crippen LogP contribution in [0, 0.1) is 0 Å². The smallest absolute Gasteiger partial charge is 0.222 e. The minimum atomic E-state index is 0.223. The van der Waals surface area contributed by atoms with Gasteiger partial charge in [0.15, 0.2) is 5.82 Å². The van der Waals surface area contributed by atoms with Crippen molar-refractivity contribution in [2.45, 2.75) is 45.1 Å². The number of H-pyrrole nitrogens is 1. The van der Waals surface area contributed by atoms with Crippen LogP contribution in [0.4, 0.5) is 5.82 Å². The maximum Gasteiger partial charge on any atom is 0.222 e. The number of carbonyl (C=O) groups excluding carboxylic acids is 1. The Bertz CT molecular complexity index is 1160. The highest BCUT2D eigenvalue weighted by atomic mass is 35.5. The molecule has 9 heteroatoms. The summed E-state index contributed by atoms with van der Waals surface area (Å²) in [7, 11) is 0. The van der Waals surface area contributed by atoms with E-state index in [1.54, 1.807) is 0 Å². The highest BCUT2D eigenvalue weighted by Crippen LogP contribution is 2.34. The van der Waals surface area contributed by atoms with E-state index in [0.717, 1.165) is 60.6 Å². The summed E-state index contributed by atoms with van der Waals surface area (Å²) in [5, 5.41) is 1.35. The van der Waals surface area contributed by atoms with Crippen molar-refractivity contribution < 1.29 is 9.53 Å². The molecule has 3 aromatic rings. The van der Waals surface area contributed by atoms with Crippen LogP contribution in [-0.2, 0) is 9.53 Å². The summed E-state index contributed by atoms with van der Waals surface area (Å²) < 4.78 is 5.65. The molecule has 2 aliphatic rings. The van der Waals surface area contributed by atoms with Gasteiger partial charge in [-0.15, -0.1) is 0 Å². The molecule has 2 saturated heterocycles. The first-order valence-electron chi connectivity index (χ1n) is 11.7. The number of pyridine rings is 1. The van der Waals surface area contributed by atoms with Crippen LogP contribution in [0.2, 0.25) is 5.15 Å². The number of fused-ring (bicyclic) bond motifs is 1. The number of rotatable bonds is 4. The number of hydrogen-bond donors (Lipinski definition) is 1. The van der Waals surface area contributed by atoms with Crippen molar-refractivity contribution in [3.05, 3.63) is 35.2 Å². The maximum atomic E-state index is 12.1. The first-order chi connectivity index (χ1) is 16.0. The van der Waals surface area contributed by atoms with Crippen molar-refractivity contribution in [2.75, 3.05) is 37.7 Å². The number of amides is 1. The normalized spacial score (nSPS) is 19.9. The highest BCUT2D eigenvalue weighted by molar-refractivity contribution is 6.30. The molecular weight excluding hydrogens is 440 g/mol. The molecule has 2 fully saturated rings. The lowest BCUT2D eigenvalue weighted by Gasteiger charge is -2.35. The van der Waals surface area contributed by atoms with Crippen LogP contribution in [0.25, 0.3) is 22.4 Å². The minimum absolute atomic E-state index is 0.223. The van der Waals surface area contributed by atoms with Crippen LogP contribution in [0.15, 0.2) is 24.4 Å². The van der Waals surface area contributed by atoms with Gasteiger partial charge in [0.05, 0.1) is 19.3 Å².